The molecule has 1 saturated heterocycles. The average molecular weight is 309 g/mol. The molecule has 0 atom stereocenters. The van der Waals surface area contributed by atoms with Crippen molar-refractivity contribution in [3.8, 4) is 0 Å². The van der Waals surface area contributed by atoms with Crippen LogP contribution in [-0.4, -0.2) is 23.5 Å². The van der Waals surface area contributed by atoms with Crippen molar-refractivity contribution < 1.29 is 13.2 Å². The minimum Gasteiger partial charge on any atom is -0.190 e. The topological polar surface area (TPSA) is 3.24 Å². The van der Waals surface area contributed by atoms with Crippen LogP contribution >= 0.6 is 11.8 Å². The van der Waals surface area contributed by atoms with Gasteiger partial charge in [0.1, 0.15) is 4.87 Å². The molecule has 0 unspecified atom stereocenters. The molecule has 1 aliphatic rings. The molecule has 0 saturated carbocycles. The molecule has 21 heavy (non-hydrogen) atoms. The van der Waals surface area contributed by atoms with Crippen LogP contribution in [0.2, 0.25) is 0 Å². The third kappa shape index (κ3) is 2.45. The van der Waals surface area contributed by atoms with Gasteiger partial charge in [0, 0.05) is 12.3 Å². The summed E-state index contributed by atoms with van der Waals surface area (Å²) >= 11 is 1.34. The van der Waals surface area contributed by atoms with Gasteiger partial charge in [-0.3, -0.25) is 0 Å². The van der Waals surface area contributed by atoms with Crippen LogP contribution in [0.25, 0.3) is 0 Å². The predicted molar refractivity (Wildman–Crippen MR) is 78.9 cm³/mol. The first-order chi connectivity index (χ1) is 10.0. The van der Waals surface area contributed by atoms with Gasteiger partial charge in [-0.1, -0.05) is 60.7 Å². The van der Waals surface area contributed by atoms with Gasteiger partial charge in [-0.05, 0) is 11.1 Å². The summed E-state index contributed by atoms with van der Waals surface area (Å²) in [6.45, 7) is -0.00203. The summed E-state index contributed by atoms with van der Waals surface area (Å²) in [5.41, 5.74) is 1.33. The standard InChI is InChI=1S/C16H14F3NS/c17-16(18,19)20-11-12-21-15(20,13-7-3-1-4-8-13)14-9-5-2-6-10-14/h1-10H,11-12H2. The molecule has 5 heteroatoms. The fraction of sp³-hybridized carbons (Fsp3) is 0.250. The Bertz CT molecular complexity index is 558. The summed E-state index contributed by atoms with van der Waals surface area (Å²) in [5.74, 6) is 0.448. The van der Waals surface area contributed by atoms with E-state index >= 15 is 0 Å². The Morgan fingerprint density at radius 2 is 1.33 bits per heavy atom. The lowest BCUT2D eigenvalue weighted by Gasteiger charge is -2.39. The molecule has 1 nitrogen and oxygen atoms in total. The highest BCUT2D eigenvalue weighted by atomic mass is 32.2. The van der Waals surface area contributed by atoms with Crippen LogP contribution < -0.4 is 0 Å². The minimum atomic E-state index is -4.37. The molecule has 0 aromatic heterocycles. The Morgan fingerprint density at radius 1 is 0.857 bits per heavy atom. The van der Waals surface area contributed by atoms with E-state index in [1.807, 2.05) is 12.1 Å². The average Bonchev–Trinajstić information content (AvgIpc) is 2.95. The molecular weight excluding hydrogens is 295 g/mol. The molecule has 2 aromatic rings. The summed E-state index contributed by atoms with van der Waals surface area (Å²) in [5, 5.41) is 0. The first kappa shape index (κ1) is 14.5. The summed E-state index contributed by atoms with van der Waals surface area (Å²) in [7, 11) is 0. The first-order valence-electron chi connectivity index (χ1n) is 6.64. The van der Waals surface area contributed by atoms with Gasteiger partial charge in [0.05, 0.1) is 0 Å². The SMILES string of the molecule is FC(F)(F)N1CCSC1(c1ccccc1)c1ccccc1. The van der Waals surface area contributed by atoms with E-state index in [0.717, 1.165) is 0 Å². The van der Waals surface area contributed by atoms with Crippen LogP contribution in [0.4, 0.5) is 13.2 Å². The van der Waals surface area contributed by atoms with Gasteiger partial charge in [0.25, 0.3) is 0 Å². The third-order valence-electron chi connectivity index (χ3n) is 3.64. The maximum absolute atomic E-state index is 13.5. The number of benzene rings is 2. The van der Waals surface area contributed by atoms with E-state index in [-0.39, 0.29) is 6.54 Å². The Morgan fingerprint density at radius 3 is 1.76 bits per heavy atom. The molecular formula is C16H14F3NS. The third-order valence-corrected chi connectivity index (χ3v) is 5.14. The predicted octanol–water partition coefficient (Wildman–Crippen LogP) is 4.46. The van der Waals surface area contributed by atoms with Gasteiger partial charge >= 0.3 is 6.30 Å². The monoisotopic (exact) mass is 309 g/mol. The van der Waals surface area contributed by atoms with E-state index in [1.54, 1.807) is 48.5 Å². The zero-order chi connectivity index (χ0) is 14.9. The van der Waals surface area contributed by atoms with Crippen molar-refractivity contribution in [2.45, 2.75) is 11.2 Å². The molecule has 1 fully saturated rings. The molecule has 1 aliphatic heterocycles. The lowest BCUT2D eigenvalue weighted by molar-refractivity contribution is -0.256. The molecule has 0 radical (unpaired) electrons. The molecule has 2 aromatic carbocycles. The lowest BCUT2D eigenvalue weighted by atomic mass is 9.96. The number of nitrogens with zero attached hydrogens (tertiary/aromatic N) is 1. The van der Waals surface area contributed by atoms with E-state index in [2.05, 4.69) is 0 Å². The number of hydrogen-bond acceptors (Lipinski definition) is 2. The maximum Gasteiger partial charge on any atom is 0.461 e. The van der Waals surface area contributed by atoms with Crippen molar-refractivity contribution in [2.75, 3.05) is 12.3 Å². The second-order valence-corrected chi connectivity index (χ2v) is 6.13. The van der Waals surface area contributed by atoms with E-state index in [1.165, 1.54) is 11.8 Å². The molecule has 0 bridgehead atoms. The van der Waals surface area contributed by atoms with Gasteiger partial charge in [0.2, 0.25) is 0 Å². The van der Waals surface area contributed by atoms with Gasteiger partial charge < -0.3 is 0 Å². The van der Waals surface area contributed by atoms with Crippen molar-refractivity contribution in [3.05, 3.63) is 71.8 Å². The Labute approximate surface area is 125 Å². The molecule has 1 heterocycles. The van der Waals surface area contributed by atoms with Gasteiger partial charge in [-0.25, -0.2) is 0 Å². The van der Waals surface area contributed by atoms with Crippen molar-refractivity contribution in [1.82, 2.24) is 4.90 Å². The van der Waals surface area contributed by atoms with Crippen LogP contribution in [0.1, 0.15) is 11.1 Å². The largest absolute Gasteiger partial charge is 0.461 e. The van der Waals surface area contributed by atoms with E-state index in [4.69, 9.17) is 0 Å². The molecule has 0 spiro atoms. The summed E-state index contributed by atoms with van der Waals surface area (Å²) in [4.78, 5) is -0.546. The second-order valence-electron chi connectivity index (χ2n) is 4.84. The smallest absolute Gasteiger partial charge is 0.190 e. The molecule has 3 rings (SSSR count). The Hall–Kier alpha value is -1.46. The number of hydrogen-bond donors (Lipinski definition) is 0. The summed E-state index contributed by atoms with van der Waals surface area (Å²) < 4.78 is 40.6. The van der Waals surface area contributed by atoms with Crippen molar-refractivity contribution in [3.63, 3.8) is 0 Å². The normalized spacial score (nSPS) is 18.8. The molecule has 0 N–H and O–H groups in total. The number of alkyl halides is 3. The lowest BCUT2D eigenvalue weighted by Crippen LogP contribution is -2.48. The fourth-order valence-electron chi connectivity index (χ4n) is 2.80. The molecule has 0 amide bonds. The van der Waals surface area contributed by atoms with Crippen LogP contribution in [0, 0.1) is 0 Å². The highest BCUT2D eigenvalue weighted by Gasteiger charge is 2.56. The van der Waals surface area contributed by atoms with Crippen LogP contribution in [0.3, 0.4) is 0 Å². The zero-order valence-electron chi connectivity index (χ0n) is 11.2. The fourth-order valence-corrected chi connectivity index (χ4v) is 4.32. The highest BCUT2D eigenvalue weighted by Crippen LogP contribution is 2.53. The molecule has 110 valence electrons. The first-order valence-corrected chi connectivity index (χ1v) is 7.63. The van der Waals surface area contributed by atoms with Crippen LogP contribution in [0.15, 0.2) is 60.7 Å². The Balaban J connectivity index is 2.21. The van der Waals surface area contributed by atoms with Gasteiger partial charge in [-0.15, -0.1) is 11.8 Å². The number of halogens is 3. The van der Waals surface area contributed by atoms with E-state index in [0.29, 0.717) is 21.8 Å². The number of thioether (sulfide) groups is 1. The van der Waals surface area contributed by atoms with Gasteiger partial charge in [0.15, 0.2) is 0 Å². The number of rotatable bonds is 2. The Kier molecular flexibility index (Phi) is 3.71. The quantitative estimate of drug-likeness (QED) is 0.754. The summed E-state index contributed by atoms with van der Waals surface area (Å²) in [6.07, 6.45) is -4.37. The van der Waals surface area contributed by atoms with Crippen molar-refractivity contribution >= 4 is 11.8 Å². The summed E-state index contributed by atoms with van der Waals surface area (Å²) in [6, 6.07) is 17.9. The van der Waals surface area contributed by atoms with Crippen molar-refractivity contribution in [2.24, 2.45) is 0 Å². The van der Waals surface area contributed by atoms with Crippen LogP contribution in [-0.2, 0) is 4.87 Å². The molecule has 0 aliphatic carbocycles. The minimum absolute atomic E-state index is 0.00203. The van der Waals surface area contributed by atoms with E-state index < -0.39 is 11.2 Å². The second kappa shape index (κ2) is 5.39. The van der Waals surface area contributed by atoms with Gasteiger partial charge in [-0.2, -0.15) is 18.1 Å². The maximum atomic E-state index is 13.5. The highest BCUT2D eigenvalue weighted by molar-refractivity contribution is 8.00. The van der Waals surface area contributed by atoms with E-state index in [9.17, 15) is 13.2 Å². The zero-order valence-corrected chi connectivity index (χ0v) is 12.0. The van der Waals surface area contributed by atoms with Crippen molar-refractivity contribution in [1.29, 1.82) is 0 Å². The van der Waals surface area contributed by atoms with Crippen LogP contribution in [0.5, 0.6) is 0 Å².